The van der Waals surface area contributed by atoms with Gasteiger partial charge in [0.1, 0.15) is 31.5 Å². The number of quaternary nitrogens is 1. The number of methoxy groups -OCH3 is 1. The Morgan fingerprint density at radius 1 is 0.690 bits per heavy atom. The molecule has 0 spiro atoms. The summed E-state index contributed by atoms with van der Waals surface area (Å²) in [7, 11) is 1.49. The number of nitrogens with zero attached hydrogens (tertiary/aromatic N) is 2. The molecule has 0 aliphatic heterocycles. The van der Waals surface area contributed by atoms with E-state index in [2.05, 4.69) is 10.3 Å². The van der Waals surface area contributed by atoms with Crippen LogP contribution in [0.1, 0.15) is 52.6 Å². The Morgan fingerprint density at radius 3 is 1.67 bits per heavy atom. The summed E-state index contributed by atoms with van der Waals surface area (Å²) in [6.07, 6.45) is -2.42. The lowest BCUT2D eigenvalue weighted by Crippen LogP contribution is -2.70. The maximum absolute atomic E-state index is 16.2. The lowest BCUT2D eigenvalue weighted by molar-refractivity contribution is -0.834. The minimum absolute atomic E-state index is 0.00491. The zero-order valence-corrected chi connectivity index (χ0v) is 32.2. The van der Waals surface area contributed by atoms with Crippen LogP contribution in [0.4, 0.5) is 9.59 Å². The smallest absolute Gasteiger partial charge is 0.497 e. The van der Waals surface area contributed by atoms with E-state index in [4.69, 9.17) is 25.7 Å². The summed E-state index contributed by atoms with van der Waals surface area (Å²) in [5, 5.41) is 13.8. The van der Waals surface area contributed by atoms with Crippen molar-refractivity contribution in [2.45, 2.75) is 44.1 Å². The molecule has 6 N–H and O–H groups in total. The zero-order valence-electron chi connectivity index (χ0n) is 32.2. The fourth-order valence-electron chi connectivity index (χ4n) is 6.93. The number of carbonyl (C=O) groups is 4. The van der Waals surface area contributed by atoms with Crippen molar-refractivity contribution >= 4 is 30.0 Å². The molecule has 0 aromatic heterocycles. The van der Waals surface area contributed by atoms with Gasteiger partial charge >= 0.3 is 18.1 Å². The zero-order chi connectivity index (χ0) is 41.3. The number of amides is 4. The first-order valence-corrected chi connectivity index (χ1v) is 18.7. The van der Waals surface area contributed by atoms with Crippen LogP contribution in [0.3, 0.4) is 0 Å². The first-order chi connectivity index (χ1) is 28.2. The molecule has 5 aromatic carbocycles. The number of ether oxygens (including phenoxy) is 3. The predicted octanol–water partition coefficient (Wildman–Crippen LogP) is 6.12. The molecule has 3 atom stereocenters. The number of guanidine groups is 1. The predicted molar refractivity (Wildman–Crippen MR) is 218 cm³/mol. The Labute approximate surface area is 337 Å². The highest BCUT2D eigenvalue weighted by Gasteiger charge is 2.63. The Morgan fingerprint density at radius 2 is 1.19 bits per heavy atom. The molecule has 5 rings (SSSR count). The summed E-state index contributed by atoms with van der Waals surface area (Å²) in [5.74, 6) is -2.75. The van der Waals surface area contributed by atoms with Crippen LogP contribution in [0, 0.1) is 0 Å². The molecule has 5 aromatic rings. The van der Waals surface area contributed by atoms with E-state index in [1.807, 2.05) is 6.07 Å². The molecule has 0 saturated heterocycles. The third kappa shape index (κ3) is 10.5. The summed E-state index contributed by atoms with van der Waals surface area (Å²) in [6, 6.07) is 38.6. The van der Waals surface area contributed by atoms with Crippen molar-refractivity contribution < 1.29 is 43.0 Å². The van der Waals surface area contributed by atoms with Gasteiger partial charge in [-0.1, -0.05) is 121 Å². The van der Waals surface area contributed by atoms with Gasteiger partial charge in [0.15, 0.2) is 18.0 Å². The molecule has 0 fully saturated rings. The molecule has 13 heteroatoms. The van der Waals surface area contributed by atoms with Crippen molar-refractivity contribution in [2.24, 2.45) is 16.5 Å². The van der Waals surface area contributed by atoms with Gasteiger partial charge in [-0.15, -0.1) is 4.48 Å². The highest BCUT2D eigenvalue weighted by molar-refractivity contribution is 5.98. The third-order valence-corrected chi connectivity index (χ3v) is 9.71. The second-order valence-corrected chi connectivity index (χ2v) is 13.4. The van der Waals surface area contributed by atoms with Crippen molar-refractivity contribution in [2.75, 3.05) is 20.3 Å². The van der Waals surface area contributed by atoms with Crippen LogP contribution in [-0.2, 0) is 32.3 Å². The number of nitrogens with one attached hydrogen (secondary N) is 1. The molecule has 4 amide bonds. The van der Waals surface area contributed by atoms with E-state index in [0.717, 1.165) is 0 Å². The van der Waals surface area contributed by atoms with Gasteiger partial charge in [-0.2, -0.15) is 4.79 Å². The second kappa shape index (κ2) is 20.9. The maximum Gasteiger partial charge on any atom is 0.525 e. The summed E-state index contributed by atoms with van der Waals surface area (Å²) in [4.78, 5) is 64.0. The molecule has 0 radical (unpaired) electrons. The first-order valence-electron chi connectivity index (χ1n) is 18.7. The summed E-state index contributed by atoms with van der Waals surface area (Å²) in [6.45, 7) is -1.26. The molecular weight excluding hydrogens is 739 g/mol. The van der Waals surface area contributed by atoms with Gasteiger partial charge in [0.25, 0.3) is 5.91 Å². The minimum Gasteiger partial charge on any atom is -0.497 e. The van der Waals surface area contributed by atoms with Crippen molar-refractivity contribution in [3.63, 3.8) is 0 Å². The number of carbonyl (C=O) groups excluding carboxylic acids is 4. The topological polar surface area (TPSA) is 193 Å². The normalized spacial score (nSPS) is 12.9. The van der Waals surface area contributed by atoms with Crippen molar-refractivity contribution in [1.82, 2.24) is 5.32 Å². The number of hydrogen-bond acceptors (Lipinski definition) is 9. The van der Waals surface area contributed by atoms with E-state index in [0.29, 0.717) is 33.6 Å². The molecule has 0 aliphatic carbocycles. The molecule has 1 unspecified atom stereocenters. The molecular formula is C45H48N5O8+. The molecule has 13 nitrogen and oxygen atoms in total. The average Bonchev–Trinajstić information content (AvgIpc) is 3.25. The van der Waals surface area contributed by atoms with Crippen molar-refractivity contribution in [3.05, 3.63) is 173 Å². The van der Waals surface area contributed by atoms with Crippen LogP contribution >= 0.6 is 0 Å². The van der Waals surface area contributed by atoms with E-state index < -0.39 is 53.1 Å². The molecule has 300 valence electrons. The molecule has 58 heavy (non-hydrogen) atoms. The number of benzene rings is 5. The Kier molecular flexibility index (Phi) is 15.3. The van der Waals surface area contributed by atoms with E-state index in [1.54, 1.807) is 140 Å². The van der Waals surface area contributed by atoms with Crippen molar-refractivity contribution in [3.8, 4) is 5.75 Å². The number of aliphatic hydroxyl groups excluding tert-OH is 1. The van der Waals surface area contributed by atoms with E-state index in [9.17, 15) is 14.7 Å². The fraction of sp³-hybridized carbons (Fsp3) is 0.222. The van der Waals surface area contributed by atoms with E-state index in [-0.39, 0.29) is 38.6 Å². The maximum atomic E-state index is 16.2. The van der Waals surface area contributed by atoms with Gasteiger partial charge in [0.2, 0.25) is 0 Å². The highest BCUT2D eigenvalue weighted by Crippen LogP contribution is 2.42. The van der Waals surface area contributed by atoms with Gasteiger partial charge in [-0.3, -0.25) is 15.1 Å². The van der Waals surface area contributed by atoms with Crippen LogP contribution < -0.4 is 21.5 Å². The number of alkyl carbamates (subject to hydrolysis) is 1. The van der Waals surface area contributed by atoms with Crippen LogP contribution in [-0.4, -0.2) is 65.9 Å². The van der Waals surface area contributed by atoms with Gasteiger partial charge in [0.05, 0.1) is 7.11 Å². The Hall–Kier alpha value is -6.83. The quantitative estimate of drug-likeness (QED) is 0.0370. The number of aliphatic hydroxyl groups is 1. The first kappa shape index (κ1) is 42.3. The largest absolute Gasteiger partial charge is 0.525 e. The lowest BCUT2D eigenvalue weighted by Gasteiger charge is -2.44. The SMILES string of the molecule is COc1ccc(C(CO)[N@@+](C(=O)OCc2ccccc2)(C(=O)C(c2ccccc2)c2ccccc2)[C@H](CCCN=C(N)N)C(=O)NC(=O)OCc2ccccc2)cc1. The molecule has 0 saturated carbocycles. The molecule has 0 heterocycles. The molecule has 0 aliphatic rings. The second-order valence-electron chi connectivity index (χ2n) is 13.4. The summed E-state index contributed by atoms with van der Waals surface area (Å²) >= 11 is 0. The summed E-state index contributed by atoms with van der Waals surface area (Å²) in [5.41, 5.74) is 13.9. The number of nitrogens with two attached hydrogens (primary N) is 2. The van der Waals surface area contributed by atoms with E-state index >= 15 is 9.59 Å². The van der Waals surface area contributed by atoms with Crippen LogP contribution in [0.15, 0.2) is 151 Å². The van der Waals surface area contributed by atoms with Gasteiger partial charge in [-0.25, -0.2) is 9.59 Å². The molecule has 0 bridgehead atoms. The van der Waals surface area contributed by atoms with Crippen LogP contribution in [0.25, 0.3) is 0 Å². The standard InChI is InChI=1S/C45H47N5O8/c1-56-37-26-24-34(25-27-37)39(29-51)50(45(55)58-31-33-17-8-3-9-18-33,42(53)40(35-19-10-4-11-20-35)36-21-12-5-13-22-36)38(23-14-28-48-43(46)47)41(52)49-44(54)57-30-32-15-6-2-7-16-32/h2-13,15-22,24-27,38-40,51H,14,23,28-31H2,1H3,(H4-,46,47,48,49,52,54)/p+1/t38-,39?,50-/m1/s1. The summed E-state index contributed by atoms with van der Waals surface area (Å²) < 4.78 is 15.5. The van der Waals surface area contributed by atoms with Gasteiger partial charge in [0, 0.05) is 18.5 Å². The monoisotopic (exact) mass is 786 g/mol. The Bertz CT molecular complexity index is 2080. The van der Waals surface area contributed by atoms with Gasteiger partial charge in [-0.05, 0) is 52.9 Å². The number of imide groups is 2. The Balaban J connectivity index is 1.76. The minimum atomic E-state index is -1.72. The van der Waals surface area contributed by atoms with Crippen LogP contribution in [0.5, 0.6) is 5.75 Å². The number of hydrogen-bond donors (Lipinski definition) is 4. The lowest BCUT2D eigenvalue weighted by atomic mass is 9.86. The highest BCUT2D eigenvalue weighted by atomic mass is 16.6. The fourth-order valence-corrected chi connectivity index (χ4v) is 6.93. The average molecular weight is 787 g/mol. The number of aliphatic imine (C=N–C) groups is 1. The third-order valence-electron chi connectivity index (χ3n) is 9.71. The van der Waals surface area contributed by atoms with E-state index in [1.165, 1.54) is 7.11 Å². The van der Waals surface area contributed by atoms with Crippen LogP contribution in [0.2, 0.25) is 0 Å². The number of rotatable bonds is 17. The van der Waals surface area contributed by atoms with Crippen molar-refractivity contribution in [1.29, 1.82) is 0 Å². The van der Waals surface area contributed by atoms with Gasteiger partial charge < -0.3 is 30.8 Å².